The molecular formula is C24H27NO5. The minimum absolute atomic E-state index is 0.0252. The third-order valence-corrected chi connectivity index (χ3v) is 5.43. The Hall–Kier alpha value is -3.28. The minimum atomic E-state index is -0.933. The highest BCUT2D eigenvalue weighted by Gasteiger charge is 2.25. The number of aromatic carboxylic acids is 1. The first kappa shape index (κ1) is 21.4. The van der Waals surface area contributed by atoms with Crippen LogP contribution in [0.5, 0.6) is 5.75 Å². The van der Waals surface area contributed by atoms with Crippen molar-refractivity contribution in [3.63, 3.8) is 0 Å². The van der Waals surface area contributed by atoms with E-state index in [1.807, 2.05) is 58.0 Å². The molecule has 1 unspecified atom stereocenters. The second-order valence-corrected chi connectivity index (χ2v) is 7.79. The number of carbonyl (C=O) groups excluding carboxylic acids is 1. The summed E-state index contributed by atoms with van der Waals surface area (Å²) < 4.78 is 12.9. The molecule has 1 heterocycles. The predicted octanol–water partition coefficient (Wildman–Crippen LogP) is 4.58. The Morgan fingerprint density at radius 1 is 1.10 bits per heavy atom. The highest BCUT2D eigenvalue weighted by atomic mass is 16.6. The monoisotopic (exact) mass is 409 g/mol. The van der Waals surface area contributed by atoms with Crippen LogP contribution in [0.15, 0.2) is 42.5 Å². The Kier molecular flexibility index (Phi) is 6.15. The summed E-state index contributed by atoms with van der Waals surface area (Å²) in [5.41, 5.74) is 4.42. The van der Waals surface area contributed by atoms with E-state index in [4.69, 9.17) is 9.47 Å². The van der Waals surface area contributed by atoms with E-state index in [1.54, 1.807) is 12.1 Å². The van der Waals surface area contributed by atoms with E-state index in [0.717, 1.165) is 27.7 Å². The van der Waals surface area contributed by atoms with Gasteiger partial charge in [0.05, 0.1) is 12.7 Å². The third kappa shape index (κ3) is 4.17. The van der Waals surface area contributed by atoms with E-state index in [9.17, 15) is 14.7 Å². The molecule has 1 N–H and O–H groups in total. The van der Waals surface area contributed by atoms with Crippen molar-refractivity contribution in [2.24, 2.45) is 5.92 Å². The molecule has 0 amide bonds. The summed E-state index contributed by atoms with van der Waals surface area (Å²) in [7, 11) is 1.36. The number of benzene rings is 2. The van der Waals surface area contributed by atoms with Gasteiger partial charge in [0.15, 0.2) is 6.10 Å². The maximum atomic E-state index is 12.0. The topological polar surface area (TPSA) is 77.8 Å². The fourth-order valence-corrected chi connectivity index (χ4v) is 3.61. The first-order chi connectivity index (χ1) is 14.2. The summed E-state index contributed by atoms with van der Waals surface area (Å²) in [6, 6.07) is 12.8. The van der Waals surface area contributed by atoms with Crippen LogP contribution in [0.1, 0.15) is 41.0 Å². The molecule has 6 nitrogen and oxygen atoms in total. The lowest BCUT2D eigenvalue weighted by molar-refractivity contribution is -0.150. The molecule has 0 aliphatic rings. The van der Waals surface area contributed by atoms with Crippen LogP contribution >= 0.6 is 0 Å². The number of carboxylic acid groups (broad SMARTS) is 1. The zero-order chi connectivity index (χ0) is 22.0. The minimum Gasteiger partial charge on any atom is -0.478 e. The normalized spacial score (nSPS) is 12.2. The van der Waals surface area contributed by atoms with E-state index in [2.05, 4.69) is 4.57 Å². The van der Waals surface area contributed by atoms with Crippen molar-refractivity contribution in [2.45, 2.75) is 40.3 Å². The molecule has 0 saturated carbocycles. The number of esters is 1. The molecule has 1 atom stereocenters. The van der Waals surface area contributed by atoms with Gasteiger partial charge in [-0.25, -0.2) is 9.59 Å². The molecule has 0 aliphatic heterocycles. The number of methoxy groups -OCH3 is 1. The average Bonchev–Trinajstić information content (AvgIpc) is 2.96. The SMILES string of the molecule is COC(=O)C(Oc1cccc(Cn2c(C)c(C)c3cc(C(=O)O)ccc32)c1)C(C)C. The number of aromatic nitrogens is 1. The van der Waals surface area contributed by atoms with Crippen molar-refractivity contribution in [3.05, 3.63) is 64.8 Å². The molecule has 0 bridgehead atoms. The molecule has 0 radical (unpaired) electrons. The van der Waals surface area contributed by atoms with Gasteiger partial charge in [-0.1, -0.05) is 26.0 Å². The van der Waals surface area contributed by atoms with Gasteiger partial charge in [0.2, 0.25) is 0 Å². The Morgan fingerprint density at radius 2 is 1.83 bits per heavy atom. The number of ether oxygens (including phenoxy) is 2. The molecule has 0 saturated heterocycles. The predicted molar refractivity (Wildman–Crippen MR) is 115 cm³/mol. The van der Waals surface area contributed by atoms with E-state index in [1.165, 1.54) is 7.11 Å². The number of carboxylic acids is 1. The van der Waals surface area contributed by atoms with Crippen molar-refractivity contribution in [3.8, 4) is 5.75 Å². The first-order valence-corrected chi connectivity index (χ1v) is 9.89. The summed E-state index contributed by atoms with van der Waals surface area (Å²) >= 11 is 0. The number of rotatable bonds is 7. The van der Waals surface area contributed by atoms with E-state index >= 15 is 0 Å². The third-order valence-electron chi connectivity index (χ3n) is 5.43. The summed E-state index contributed by atoms with van der Waals surface area (Å²) in [6.45, 7) is 8.46. The van der Waals surface area contributed by atoms with Crippen molar-refractivity contribution in [1.82, 2.24) is 4.57 Å². The average molecular weight is 409 g/mol. The maximum absolute atomic E-state index is 12.0. The molecule has 0 aliphatic carbocycles. The first-order valence-electron chi connectivity index (χ1n) is 9.89. The molecule has 30 heavy (non-hydrogen) atoms. The van der Waals surface area contributed by atoms with Gasteiger partial charge >= 0.3 is 11.9 Å². The van der Waals surface area contributed by atoms with Crippen molar-refractivity contribution >= 4 is 22.8 Å². The van der Waals surface area contributed by atoms with Gasteiger partial charge < -0.3 is 19.1 Å². The van der Waals surface area contributed by atoms with Crippen LogP contribution in [0.4, 0.5) is 0 Å². The van der Waals surface area contributed by atoms with Crippen LogP contribution < -0.4 is 4.74 Å². The Balaban J connectivity index is 1.93. The Labute approximate surface area is 176 Å². The number of nitrogens with zero attached hydrogens (tertiary/aromatic N) is 1. The van der Waals surface area contributed by atoms with Crippen LogP contribution in [-0.4, -0.2) is 34.8 Å². The molecule has 6 heteroatoms. The number of aryl methyl sites for hydroxylation is 1. The van der Waals surface area contributed by atoms with E-state index < -0.39 is 18.0 Å². The summed E-state index contributed by atoms with van der Waals surface area (Å²) in [5, 5.41) is 10.2. The van der Waals surface area contributed by atoms with Crippen LogP contribution in [-0.2, 0) is 16.1 Å². The summed E-state index contributed by atoms with van der Waals surface area (Å²) in [4.78, 5) is 23.3. The standard InChI is InChI=1S/C24H27NO5/c1-14(2)22(24(28)29-5)30-19-8-6-7-17(11-19)13-25-16(4)15(3)20-12-18(23(26)27)9-10-21(20)25/h6-12,14,22H,13H2,1-5H3,(H,26,27). The molecule has 1 aromatic heterocycles. The second-order valence-electron chi connectivity index (χ2n) is 7.79. The fourth-order valence-electron chi connectivity index (χ4n) is 3.61. The smallest absolute Gasteiger partial charge is 0.347 e. The summed E-state index contributed by atoms with van der Waals surface area (Å²) in [6.07, 6.45) is -0.670. The zero-order valence-corrected chi connectivity index (χ0v) is 17.9. The highest BCUT2D eigenvalue weighted by molar-refractivity contribution is 5.95. The molecule has 0 spiro atoms. The molecule has 158 valence electrons. The van der Waals surface area contributed by atoms with Gasteiger partial charge in [0, 0.05) is 29.1 Å². The molecular weight excluding hydrogens is 382 g/mol. The van der Waals surface area contributed by atoms with Crippen LogP contribution in [0.2, 0.25) is 0 Å². The lowest BCUT2D eigenvalue weighted by Gasteiger charge is -2.20. The van der Waals surface area contributed by atoms with Gasteiger partial charge in [-0.3, -0.25) is 0 Å². The van der Waals surface area contributed by atoms with Gasteiger partial charge in [-0.15, -0.1) is 0 Å². The molecule has 3 rings (SSSR count). The number of hydrogen-bond donors (Lipinski definition) is 1. The quantitative estimate of drug-likeness (QED) is 0.578. The maximum Gasteiger partial charge on any atom is 0.347 e. The van der Waals surface area contributed by atoms with Crippen molar-refractivity contribution < 1.29 is 24.2 Å². The largest absolute Gasteiger partial charge is 0.478 e. The molecule has 2 aromatic carbocycles. The van der Waals surface area contributed by atoms with Crippen molar-refractivity contribution in [1.29, 1.82) is 0 Å². The van der Waals surface area contributed by atoms with E-state index in [0.29, 0.717) is 12.3 Å². The van der Waals surface area contributed by atoms with Crippen LogP contribution in [0.25, 0.3) is 10.9 Å². The zero-order valence-electron chi connectivity index (χ0n) is 17.9. The molecule has 0 fully saturated rings. The highest BCUT2D eigenvalue weighted by Crippen LogP contribution is 2.28. The van der Waals surface area contributed by atoms with Gasteiger partial charge in [-0.05, 0) is 55.3 Å². The Bertz CT molecular complexity index is 1100. The van der Waals surface area contributed by atoms with E-state index in [-0.39, 0.29) is 11.5 Å². The summed E-state index contributed by atoms with van der Waals surface area (Å²) in [5.74, 6) is -0.747. The van der Waals surface area contributed by atoms with Gasteiger partial charge in [-0.2, -0.15) is 0 Å². The Morgan fingerprint density at radius 3 is 2.47 bits per heavy atom. The van der Waals surface area contributed by atoms with Crippen LogP contribution in [0, 0.1) is 19.8 Å². The number of carbonyl (C=O) groups is 2. The fraction of sp³-hybridized carbons (Fsp3) is 0.333. The van der Waals surface area contributed by atoms with Crippen LogP contribution in [0.3, 0.4) is 0 Å². The molecule has 3 aromatic rings. The van der Waals surface area contributed by atoms with Gasteiger partial charge in [0.1, 0.15) is 5.75 Å². The lowest BCUT2D eigenvalue weighted by atomic mass is 10.1. The number of fused-ring (bicyclic) bond motifs is 1. The van der Waals surface area contributed by atoms with Gasteiger partial charge in [0.25, 0.3) is 0 Å². The number of hydrogen-bond acceptors (Lipinski definition) is 4. The second kappa shape index (κ2) is 8.61. The lowest BCUT2D eigenvalue weighted by Crippen LogP contribution is -2.33. The van der Waals surface area contributed by atoms with Crippen molar-refractivity contribution in [2.75, 3.05) is 7.11 Å².